The molecule has 0 heterocycles. The van der Waals surface area contributed by atoms with Crippen LogP contribution in [-0.2, 0) is 6.54 Å². The summed E-state index contributed by atoms with van der Waals surface area (Å²) < 4.78 is 1.10. The molecule has 0 radical (unpaired) electrons. The Kier molecular flexibility index (Phi) is 5.85. The first kappa shape index (κ1) is 13.5. The first-order valence-electron chi connectivity index (χ1n) is 5.93. The molecule has 0 aliphatic carbocycles. The summed E-state index contributed by atoms with van der Waals surface area (Å²) in [6, 6.07) is 6.08. The number of hydrogen-bond donors (Lipinski definition) is 1. The lowest BCUT2D eigenvalue weighted by Gasteiger charge is -2.21. The van der Waals surface area contributed by atoms with Gasteiger partial charge in [0.15, 0.2) is 0 Å². The molecule has 0 amide bonds. The molecule has 1 rings (SSSR count). The molecule has 0 spiro atoms. The second-order valence-corrected chi connectivity index (χ2v) is 5.03. The minimum absolute atomic E-state index is 0.889. The second-order valence-electron chi connectivity index (χ2n) is 4.12. The van der Waals surface area contributed by atoms with Crippen molar-refractivity contribution in [3.8, 4) is 0 Å². The maximum absolute atomic E-state index is 5.98. The molecule has 1 aromatic carbocycles. The maximum Gasteiger partial charge on any atom is 0.0360 e. The van der Waals surface area contributed by atoms with Crippen LogP contribution in [0.15, 0.2) is 22.7 Å². The Hall–Kier alpha value is -0.540. The average molecular weight is 285 g/mol. The quantitative estimate of drug-likeness (QED) is 0.808. The van der Waals surface area contributed by atoms with Gasteiger partial charge < -0.3 is 5.73 Å². The third kappa shape index (κ3) is 4.14. The van der Waals surface area contributed by atoms with Gasteiger partial charge in [0.1, 0.15) is 0 Å². The van der Waals surface area contributed by atoms with E-state index in [0.29, 0.717) is 0 Å². The number of nitrogens with zero attached hydrogens (tertiary/aromatic N) is 1. The predicted molar refractivity (Wildman–Crippen MR) is 74.4 cm³/mol. The zero-order valence-electron chi connectivity index (χ0n) is 10.2. The number of rotatable bonds is 6. The fourth-order valence-corrected chi connectivity index (χ4v) is 2.26. The van der Waals surface area contributed by atoms with E-state index >= 15 is 0 Å². The molecule has 0 saturated carbocycles. The highest BCUT2D eigenvalue weighted by Gasteiger charge is 2.06. The normalized spacial score (nSPS) is 11.0. The highest BCUT2D eigenvalue weighted by Crippen LogP contribution is 2.20. The van der Waals surface area contributed by atoms with Gasteiger partial charge in [0.2, 0.25) is 0 Å². The molecule has 3 heteroatoms. The first-order valence-corrected chi connectivity index (χ1v) is 6.73. The fraction of sp³-hybridized carbons (Fsp3) is 0.538. The second kappa shape index (κ2) is 6.92. The summed E-state index contributed by atoms with van der Waals surface area (Å²) in [5.74, 6) is 0. The smallest absolute Gasteiger partial charge is 0.0360 e. The molecule has 0 aliphatic heterocycles. The van der Waals surface area contributed by atoms with E-state index in [1.807, 2.05) is 12.1 Å². The van der Waals surface area contributed by atoms with Gasteiger partial charge in [-0.2, -0.15) is 0 Å². The van der Waals surface area contributed by atoms with Crippen LogP contribution in [0.3, 0.4) is 0 Å². The summed E-state index contributed by atoms with van der Waals surface area (Å²) in [5.41, 5.74) is 8.09. The maximum atomic E-state index is 5.98. The standard InChI is InChI=1S/C13H21BrN2/c1-3-7-16(8-4-2)10-11-9-12(14)5-6-13(11)15/h5-6,9H,3-4,7-8,10,15H2,1-2H3. The molecular weight excluding hydrogens is 264 g/mol. The van der Waals surface area contributed by atoms with Gasteiger partial charge in [-0.1, -0.05) is 29.8 Å². The Bertz CT molecular complexity index is 320. The largest absolute Gasteiger partial charge is 0.398 e. The van der Waals surface area contributed by atoms with Crippen LogP contribution in [0, 0.1) is 0 Å². The van der Waals surface area contributed by atoms with Crippen molar-refractivity contribution in [2.24, 2.45) is 0 Å². The molecule has 0 unspecified atom stereocenters. The lowest BCUT2D eigenvalue weighted by molar-refractivity contribution is 0.267. The molecule has 0 aliphatic rings. The zero-order valence-corrected chi connectivity index (χ0v) is 11.8. The van der Waals surface area contributed by atoms with Crippen molar-refractivity contribution in [1.29, 1.82) is 0 Å². The first-order chi connectivity index (χ1) is 7.67. The molecule has 0 saturated heterocycles. The molecule has 90 valence electrons. The van der Waals surface area contributed by atoms with E-state index in [4.69, 9.17) is 5.73 Å². The summed E-state index contributed by atoms with van der Waals surface area (Å²) in [5, 5.41) is 0. The Morgan fingerprint density at radius 2 is 1.81 bits per heavy atom. The van der Waals surface area contributed by atoms with Crippen molar-refractivity contribution in [1.82, 2.24) is 4.90 Å². The van der Waals surface area contributed by atoms with E-state index in [9.17, 15) is 0 Å². The molecule has 0 fully saturated rings. The molecule has 0 atom stereocenters. The number of halogens is 1. The van der Waals surface area contributed by atoms with Crippen LogP contribution in [0.5, 0.6) is 0 Å². The van der Waals surface area contributed by atoms with Crippen LogP contribution in [0.25, 0.3) is 0 Å². The van der Waals surface area contributed by atoms with Crippen molar-refractivity contribution in [3.05, 3.63) is 28.2 Å². The zero-order chi connectivity index (χ0) is 12.0. The Morgan fingerprint density at radius 1 is 1.19 bits per heavy atom. The summed E-state index contributed by atoms with van der Waals surface area (Å²) >= 11 is 3.49. The predicted octanol–water partition coefficient (Wildman–Crippen LogP) is 3.65. The van der Waals surface area contributed by atoms with Gasteiger partial charge in [0.05, 0.1) is 0 Å². The lowest BCUT2D eigenvalue weighted by Crippen LogP contribution is -2.25. The number of anilines is 1. The van der Waals surface area contributed by atoms with Gasteiger partial charge >= 0.3 is 0 Å². The molecule has 2 nitrogen and oxygen atoms in total. The van der Waals surface area contributed by atoms with Crippen LogP contribution < -0.4 is 5.73 Å². The minimum Gasteiger partial charge on any atom is -0.398 e. The van der Waals surface area contributed by atoms with E-state index in [1.54, 1.807) is 0 Å². The number of nitrogen functional groups attached to an aromatic ring is 1. The Morgan fingerprint density at radius 3 is 2.38 bits per heavy atom. The number of hydrogen-bond acceptors (Lipinski definition) is 2. The third-order valence-electron chi connectivity index (χ3n) is 2.58. The average Bonchev–Trinajstić information content (AvgIpc) is 2.24. The van der Waals surface area contributed by atoms with Gasteiger partial charge in [-0.3, -0.25) is 4.90 Å². The molecule has 16 heavy (non-hydrogen) atoms. The lowest BCUT2D eigenvalue weighted by atomic mass is 10.1. The molecule has 0 bridgehead atoms. The van der Waals surface area contributed by atoms with Crippen molar-refractivity contribution in [3.63, 3.8) is 0 Å². The molecule has 0 aromatic heterocycles. The van der Waals surface area contributed by atoms with Crippen molar-refractivity contribution in [2.45, 2.75) is 33.2 Å². The fourth-order valence-electron chi connectivity index (χ4n) is 1.85. The van der Waals surface area contributed by atoms with Crippen LogP contribution in [-0.4, -0.2) is 18.0 Å². The Labute approximate surface area is 107 Å². The number of benzene rings is 1. The van der Waals surface area contributed by atoms with E-state index in [2.05, 4.69) is 40.7 Å². The number of nitrogens with two attached hydrogens (primary N) is 1. The van der Waals surface area contributed by atoms with Crippen LogP contribution in [0.1, 0.15) is 32.3 Å². The van der Waals surface area contributed by atoms with Crippen molar-refractivity contribution >= 4 is 21.6 Å². The minimum atomic E-state index is 0.889. The van der Waals surface area contributed by atoms with Gasteiger partial charge in [0, 0.05) is 16.7 Å². The topological polar surface area (TPSA) is 29.3 Å². The monoisotopic (exact) mass is 284 g/mol. The Balaban J connectivity index is 2.71. The summed E-state index contributed by atoms with van der Waals surface area (Å²) in [6.07, 6.45) is 2.38. The van der Waals surface area contributed by atoms with E-state index in [1.165, 1.54) is 18.4 Å². The SMILES string of the molecule is CCCN(CCC)Cc1cc(Br)ccc1N. The van der Waals surface area contributed by atoms with Gasteiger partial charge in [-0.05, 0) is 49.7 Å². The van der Waals surface area contributed by atoms with Crippen LogP contribution in [0.4, 0.5) is 5.69 Å². The highest BCUT2D eigenvalue weighted by molar-refractivity contribution is 9.10. The van der Waals surface area contributed by atoms with Gasteiger partial charge in [-0.25, -0.2) is 0 Å². The summed E-state index contributed by atoms with van der Waals surface area (Å²) in [6.45, 7) is 7.66. The van der Waals surface area contributed by atoms with E-state index in [-0.39, 0.29) is 0 Å². The van der Waals surface area contributed by atoms with Crippen molar-refractivity contribution in [2.75, 3.05) is 18.8 Å². The molecule has 1 aromatic rings. The molecular formula is C13H21BrN2. The third-order valence-corrected chi connectivity index (χ3v) is 3.07. The molecule has 2 N–H and O–H groups in total. The summed E-state index contributed by atoms with van der Waals surface area (Å²) in [4.78, 5) is 2.46. The van der Waals surface area contributed by atoms with E-state index in [0.717, 1.165) is 29.8 Å². The van der Waals surface area contributed by atoms with Gasteiger partial charge in [0.25, 0.3) is 0 Å². The van der Waals surface area contributed by atoms with Crippen LogP contribution >= 0.6 is 15.9 Å². The highest BCUT2D eigenvalue weighted by atomic mass is 79.9. The van der Waals surface area contributed by atoms with Crippen LogP contribution in [0.2, 0.25) is 0 Å². The van der Waals surface area contributed by atoms with E-state index < -0.39 is 0 Å². The van der Waals surface area contributed by atoms with Gasteiger partial charge in [-0.15, -0.1) is 0 Å². The van der Waals surface area contributed by atoms with Crippen molar-refractivity contribution < 1.29 is 0 Å². The summed E-state index contributed by atoms with van der Waals surface area (Å²) in [7, 11) is 0.